The first kappa shape index (κ1) is 15.8. The van der Waals surface area contributed by atoms with E-state index in [1.54, 1.807) is 18.9 Å². The van der Waals surface area contributed by atoms with E-state index in [1.165, 1.54) is 0 Å². The number of carbonyl (C=O) groups excluding carboxylic acids is 1. The molecule has 1 N–H and O–H groups in total. The largest absolute Gasteiger partial charge is 0.481 e. The van der Waals surface area contributed by atoms with Gasteiger partial charge in [0.2, 0.25) is 0 Å². The molecule has 21 heavy (non-hydrogen) atoms. The lowest BCUT2D eigenvalue weighted by atomic mass is 9.94. The van der Waals surface area contributed by atoms with Crippen LogP contribution in [0.4, 0.5) is 0 Å². The third-order valence-corrected chi connectivity index (χ3v) is 3.74. The van der Waals surface area contributed by atoms with Crippen LogP contribution in [0.1, 0.15) is 19.8 Å². The lowest BCUT2D eigenvalue weighted by molar-refractivity contribution is -0.143. The molecule has 0 saturated carbocycles. The summed E-state index contributed by atoms with van der Waals surface area (Å²) in [5.74, 6) is 0.523. The third kappa shape index (κ3) is 4.44. The van der Waals surface area contributed by atoms with E-state index < -0.39 is 11.7 Å². The Bertz CT molecular complexity index is 457. The summed E-state index contributed by atoms with van der Waals surface area (Å²) >= 11 is 0. The van der Waals surface area contributed by atoms with Crippen molar-refractivity contribution >= 4 is 5.91 Å². The Morgan fingerprint density at radius 1 is 1.38 bits per heavy atom. The third-order valence-electron chi connectivity index (χ3n) is 3.74. The average molecular weight is 293 g/mol. The van der Waals surface area contributed by atoms with Crippen molar-refractivity contribution in [1.29, 1.82) is 0 Å². The summed E-state index contributed by atoms with van der Waals surface area (Å²) in [5.41, 5.74) is -0.852. The van der Waals surface area contributed by atoms with Gasteiger partial charge in [0.25, 0.3) is 5.91 Å². The van der Waals surface area contributed by atoms with Crippen LogP contribution in [-0.4, -0.2) is 54.4 Å². The number of carbonyl (C=O) groups is 1. The van der Waals surface area contributed by atoms with Gasteiger partial charge in [-0.15, -0.1) is 0 Å². The van der Waals surface area contributed by atoms with Gasteiger partial charge in [0.1, 0.15) is 5.75 Å². The van der Waals surface area contributed by atoms with E-state index in [9.17, 15) is 9.90 Å². The number of hydrogen-bond donors (Lipinski definition) is 1. The van der Waals surface area contributed by atoms with E-state index in [2.05, 4.69) is 0 Å². The van der Waals surface area contributed by atoms with E-state index in [4.69, 9.17) is 9.47 Å². The Balaban J connectivity index is 1.89. The zero-order chi connectivity index (χ0) is 15.3. The van der Waals surface area contributed by atoms with E-state index >= 15 is 0 Å². The van der Waals surface area contributed by atoms with Gasteiger partial charge in [-0.05, 0) is 19.1 Å². The molecular weight excluding hydrogens is 270 g/mol. The molecule has 1 heterocycles. The van der Waals surface area contributed by atoms with Crippen molar-refractivity contribution in [3.63, 3.8) is 0 Å². The van der Waals surface area contributed by atoms with Crippen LogP contribution < -0.4 is 4.74 Å². The Labute approximate surface area is 125 Å². The van der Waals surface area contributed by atoms with Crippen molar-refractivity contribution in [1.82, 2.24) is 4.90 Å². The Hall–Kier alpha value is -1.59. The van der Waals surface area contributed by atoms with Gasteiger partial charge in [0.05, 0.1) is 5.60 Å². The van der Waals surface area contributed by atoms with Gasteiger partial charge in [-0.25, -0.2) is 0 Å². The fraction of sp³-hybridized carbons (Fsp3) is 0.562. The number of aliphatic hydroxyl groups is 1. The minimum Gasteiger partial charge on any atom is -0.481 e. The lowest BCUT2D eigenvalue weighted by Gasteiger charge is -2.36. The second-order valence-corrected chi connectivity index (χ2v) is 5.60. The maximum absolute atomic E-state index is 12.3. The topological polar surface area (TPSA) is 59.0 Å². The summed E-state index contributed by atoms with van der Waals surface area (Å²) < 4.78 is 10.9. The summed E-state index contributed by atoms with van der Waals surface area (Å²) in [6, 6.07) is 9.25. The summed E-state index contributed by atoms with van der Waals surface area (Å²) in [6.07, 6.45) is 0.526. The first-order chi connectivity index (χ1) is 10.0. The van der Waals surface area contributed by atoms with Crippen molar-refractivity contribution < 1.29 is 19.4 Å². The van der Waals surface area contributed by atoms with Gasteiger partial charge in [-0.1, -0.05) is 18.2 Å². The van der Waals surface area contributed by atoms with Gasteiger partial charge in [0.15, 0.2) is 6.10 Å². The SMILES string of the molecule is CC(Oc1ccccc1)C(=O)N(C)CC1(O)CCOCC1. The molecule has 2 rings (SSSR count). The molecule has 1 aromatic rings. The number of hydrogen-bond acceptors (Lipinski definition) is 4. The molecular formula is C16H23NO4. The molecule has 1 saturated heterocycles. The van der Waals surface area contributed by atoms with Crippen LogP contribution in [-0.2, 0) is 9.53 Å². The Morgan fingerprint density at radius 3 is 2.62 bits per heavy atom. The van der Waals surface area contributed by atoms with Gasteiger partial charge in [-0.2, -0.15) is 0 Å². The zero-order valence-electron chi connectivity index (χ0n) is 12.6. The first-order valence-corrected chi connectivity index (χ1v) is 7.27. The highest BCUT2D eigenvalue weighted by Gasteiger charge is 2.33. The lowest BCUT2D eigenvalue weighted by Crippen LogP contribution is -2.49. The summed E-state index contributed by atoms with van der Waals surface area (Å²) in [6.45, 7) is 3.10. The molecule has 0 bridgehead atoms. The van der Waals surface area contributed by atoms with Crippen molar-refractivity contribution in [3.05, 3.63) is 30.3 Å². The number of likely N-dealkylation sites (N-methyl/N-ethyl adjacent to an activating group) is 1. The molecule has 0 radical (unpaired) electrons. The second-order valence-electron chi connectivity index (χ2n) is 5.60. The minimum atomic E-state index is -0.852. The smallest absolute Gasteiger partial charge is 0.263 e. The molecule has 1 unspecified atom stereocenters. The number of para-hydroxylation sites is 1. The fourth-order valence-electron chi connectivity index (χ4n) is 2.49. The quantitative estimate of drug-likeness (QED) is 0.893. The predicted molar refractivity (Wildman–Crippen MR) is 79.2 cm³/mol. The van der Waals surface area contributed by atoms with Crippen LogP contribution in [0.25, 0.3) is 0 Å². The van der Waals surface area contributed by atoms with Crippen LogP contribution >= 0.6 is 0 Å². The van der Waals surface area contributed by atoms with Gasteiger partial charge >= 0.3 is 0 Å². The van der Waals surface area contributed by atoms with Gasteiger partial charge < -0.3 is 19.5 Å². The highest BCUT2D eigenvalue weighted by atomic mass is 16.5. The van der Waals surface area contributed by atoms with Crippen molar-refractivity contribution in [2.45, 2.75) is 31.5 Å². The minimum absolute atomic E-state index is 0.140. The molecule has 1 atom stereocenters. The number of nitrogens with zero attached hydrogens (tertiary/aromatic N) is 1. The normalized spacial score (nSPS) is 18.8. The summed E-state index contributed by atoms with van der Waals surface area (Å²) in [4.78, 5) is 13.9. The van der Waals surface area contributed by atoms with Crippen LogP contribution in [0.3, 0.4) is 0 Å². The zero-order valence-corrected chi connectivity index (χ0v) is 12.6. The standard InChI is InChI=1S/C16H23NO4/c1-13(21-14-6-4-3-5-7-14)15(18)17(2)12-16(19)8-10-20-11-9-16/h3-7,13,19H,8-12H2,1-2H3. The Morgan fingerprint density at radius 2 is 2.00 bits per heavy atom. The molecule has 0 aromatic heterocycles. The number of ether oxygens (including phenoxy) is 2. The summed E-state index contributed by atoms with van der Waals surface area (Å²) in [7, 11) is 1.70. The maximum Gasteiger partial charge on any atom is 0.263 e. The van der Waals surface area contributed by atoms with E-state index in [0.717, 1.165) is 0 Å². The number of amides is 1. The molecule has 0 spiro atoms. The monoisotopic (exact) mass is 293 g/mol. The van der Waals surface area contributed by atoms with Crippen LogP contribution in [0.15, 0.2) is 30.3 Å². The van der Waals surface area contributed by atoms with Crippen LogP contribution in [0, 0.1) is 0 Å². The molecule has 0 aliphatic carbocycles. The van der Waals surface area contributed by atoms with Crippen molar-refractivity contribution in [2.75, 3.05) is 26.8 Å². The molecule has 116 valence electrons. The summed E-state index contributed by atoms with van der Waals surface area (Å²) in [5, 5.41) is 10.4. The van der Waals surface area contributed by atoms with E-state index in [-0.39, 0.29) is 5.91 Å². The van der Waals surface area contributed by atoms with Gasteiger partial charge in [-0.3, -0.25) is 4.79 Å². The second kappa shape index (κ2) is 6.91. The fourth-order valence-corrected chi connectivity index (χ4v) is 2.49. The number of benzene rings is 1. The van der Waals surface area contributed by atoms with E-state index in [0.29, 0.717) is 38.3 Å². The molecule has 5 nitrogen and oxygen atoms in total. The molecule has 1 aliphatic rings. The van der Waals surface area contributed by atoms with Crippen molar-refractivity contribution in [2.24, 2.45) is 0 Å². The first-order valence-electron chi connectivity index (χ1n) is 7.27. The van der Waals surface area contributed by atoms with Gasteiger partial charge in [0, 0.05) is 39.6 Å². The van der Waals surface area contributed by atoms with Crippen LogP contribution in [0.5, 0.6) is 5.75 Å². The van der Waals surface area contributed by atoms with Crippen molar-refractivity contribution in [3.8, 4) is 5.75 Å². The Kier molecular flexibility index (Phi) is 5.20. The molecule has 5 heteroatoms. The highest BCUT2D eigenvalue weighted by Crippen LogP contribution is 2.22. The number of rotatable bonds is 5. The molecule has 1 aromatic carbocycles. The molecule has 1 amide bonds. The predicted octanol–water partition coefficient (Wildman–Crippen LogP) is 1.45. The molecule has 1 aliphatic heterocycles. The van der Waals surface area contributed by atoms with E-state index in [1.807, 2.05) is 30.3 Å². The molecule has 1 fully saturated rings. The average Bonchev–Trinajstić information content (AvgIpc) is 2.47. The highest BCUT2D eigenvalue weighted by molar-refractivity contribution is 5.80. The maximum atomic E-state index is 12.3. The van der Waals surface area contributed by atoms with Crippen LogP contribution in [0.2, 0.25) is 0 Å².